The van der Waals surface area contributed by atoms with Crippen LogP contribution in [0.1, 0.15) is 138 Å². The first kappa shape index (κ1) is 34.5. The van der Waals surface area contributed by atoms with Gasteiger partial charge in [0.25, 0.3) is 0 Å². The molecule has 0 amide bonds. The van der Waals surface area contributed by atoms with E-state index < -0.39 is 25.8 Å². The molecule has 0 aliphatic heterocycles. The van der Waals surface area contributed by atoms with Crippen molar-refractivity contribution in [2.75, 3.05) is 0 Å². The SMILES string of the molecule is CC(C)(C)c1ccc2c(c1)-c1cc(C(C)(C)C)ccc1[CH]2[Zr+2]([C]1=CC=CC1)=[Si](C1CCCCC1)C1CCCCC1.[Cl-].[Cl-]. The van der Waals surface area contributed by atoms with Crippen molar-refractivity contribution in [1.82, 2.24) is 0 Å². The number of hydrogen-bond donors (Lipinski definition) is 0. The molecule has 0 unspecified atom stereocenters. The summed E-state index contributed by atoms with van der Waals surface area (Å²) in [5, 5.41) is 0. The van der Waals surface area contributed by atoms with Crippen molar-refractivity contribution in [2.45, 2.75) is 138 Å². The van der Waals surface area contributed by atoms with Crippen LogP contribution in [0, 0.1) is 0 Å². The van der Waals surface area contributed by atoms with Crippen molar-refractivity contribution in [2.24, 2.45) is 0 Å². The summed E-state index contributed by atoms with van der Waals surface area (Å²) in [6.07, 6.45) is 24.0. The average molecular weight is 699 g/mol. The summed E-state index contributed by atoms with van der Waals surface area (Å²) >= 11 is -2.12. The molecule has 0 nitrogen and oxygen atoms in total. The third-order valence-corrected chi connectivity index (χ3v) is 33.9. The summed E-state index contributed by atoms with van der Waals surface area (Å²) in [6.45, 7) is 14.3. The van der Waals surface area contributed by atoms with Crippen LogP contribution >= 0.6 is 0 Å². The molecule has 0 saturated heterocycles. The van der Waals surface area contributed by atoms with E-state index in [9.17, 15) is 0 Å². The van der Waals surface area contributed by atoms with Crippen LogP contribution in [-0.4, -0.2) is 5.43 Å². The van der Waals surface area contributed by atoms with Crippen molar-refractivity contribution in [1.29, 1.82) is 0 Å². The van der Waals surface area contributed by atoms with Gasteiger partial charge in [0.05, 0.1) is 0 Å². The minimum atomic E-state index is -2.12. The standard InChI is InChI=1S/C21H25.C12H22Si.C5H5.2ClH.Zr/c1-20(2,3)16-9-7-14-11-15-8-10-17(21(4,5)6)13-19(15)18(14)12-16;1-3-7-11(8-4-1)13-12-9-5-2-6-10-12;1-2-4-5-3-1;;;/h7-13H,1-6H3;11-12H,1-10H2;1-3H,4H2;2*1H;/q;;;;;+2/p-2. The largest absolute Gasteiger partial charge is 1.00 e. The summed E-state index contributed by atoms with van der Waals surface area (Å²) < 4.78 is 2.69. The van der Waals surface area contributed by atoms with E-state index in [1.54, 1.807) is 47.9 Å². The Hall–Kier alpha value is -0.400. The Morgan fingerprint density at radius 3 is 1.48 bits per heavy atom. The second-order valence-electron chi connectivity index (χ2n) is 15.4. The maximum atomic E-state index is 2.65. The normalized spacial score (nSPS) is 19.2. The van der Waals surface area contributed by atoms with Gasteiger partial charge < -0.3 is 24.8 Å². The molecule has 0 radical (unpaired) electrons. The monoisotopic (exact) mass is 696 g/mol. The van der Waals surface area contributed by atoms with Gasteiger partial charge in [0.2, 0.25) is 0 Å². The molecular formula is C38H52Cl2SiZr. The first-order chi connectivity index (χ1) is 19.1. The molecule has 4 aliphatic carbocycles. The summed E-state index contributed by atoms with van der Waals surface area (Å²) in [5.74, 6) is 0. The minimum Gasteiger partial charge on any atom is -1.00 e. The van der Waals surface area contributed by atoms with Crippen molar-refractivity contribution < 1.29 is 45.2 Å². The van der Waals surface area contributed by atoms with Gasteiger partial charge >= 0.3 is 255 Å². The van der Waals surface area contributed by atoms with E-state index in [0.717, 1.165) is 14.7 Å². The van der Waals surface area contributed by atoms with Gasteiger partial charge in [-0.3, -0.25) is 0 Å². The third kappa shape index (κ3) is 6.88. The fourth-order valence-electron chi connectivity index (χ4n) is 8.28. The summed E-state index contributed by atoms with van der Waals surface area (Å²) in [6, 6.07) is 15.5. The average Bonchev–Trinajstić information content (AvgIpc) is 3.58. The van der Waals surface area contributed by atoms with Crippen LogP contribution in [0.2, 0.25) is 11.1 Å². The van der Waals surface area contributed by atoms with Crippen molar-refractivity contribution in [3.63, 3.8) is 0 Å². The molecule has 226 valence electrons. The summed E-state index contributed by atoms with van der Waals surface area (Å²) in [7, 11) is 0. The van der Waals surface area contributed by atoms with E-state index >= 15 is 0 Å². The predicted molar refractivity (Wildman–Crippen MR) is 172 cm³/mol. The van der Waals surface area contributed by atoms with Crippen LogP contribution in [0.3, 0.4) is 0 Å². The maximum absolute atomic E-state index is 2.65. The number of hydrogen-bond acceptors (Lipinski definition) is 0. The molecule has 42 heavy (non-hydrogen) atoms. The summed E-state index contributed by atoms with van der Waals surface area (Å²) in [4.78, 5) is 0. The zero-order valence-electron chi connectivity index (χ0n) is 27.0. The number of allylic oxidation sites excluding steroid dienone is 4. The van der Waals surface area contributed by atoms with E-state index in [0.29, 0.717) is 0 Å². The molecule has 0 atom stereocenters. The Labute approximate surface area is 277 Å². The van der Waals surface area contributed by atoms with Gasteiger partial charge in [-0.15, -0.1) is 0 Å². The van der Waals surface area contributed by atoms with Crippen LogP contribution in [0.25, 0.3) is 11.1 Å². The number of benzene rings is 2. The molecule has 6 rings (SSSR count). The fourth-order valence-corrected chi connectivity index (χ4v) is 36.6. The first-order valence-corrected chi connectivity index (χ1v) is 24.5. The Morgan fingerprint density at radius 2 is 1.10 bits per heavy atom. The topological polar surface area (TPSA) is 0 Å². The quantitative estimate of drug-likeness (QED) is 0.372. The first-order valence-electron chi connectivity index (χ1n) is 16.5. The van der Waals surface area contributed by atoms with Gasteiger partial charge in [-0.1, -0.05) is 0 Å². The van der Waals surface area contributed by atoms with Crippen LogP contribution in [-0.2, 0) is 31.2 Å². The molecule has 2 aromatic carbocycles. The van der Waals surface area contributed by atoms with E-state index in [2.05, 4.69) is 96.2 Å². The molecule has 2 saturated carbocycles. The number of fused-ring (bicyclic) bond motifs is 3. The Morgan fingerprint density at radius 1 is 0.643 bits per heavy atom. The molecule has 0 N–H and O–H groups in total. The van der Waals surface area contributed by atoms with Crippen LogP contribution in [0.15, 0.2) is 57.9 Å². The van der Waals surface area contributed by atoms with Crippen LogP contribution in [0.4, 0.5) is 0 Å². The predicted octanol–water partition coefficient (Wildman–Crippen LogP) is 5.48. The molecule has 4 heteroatoms. The number of rotatable bonds is 4. The van der Waals surface area contributed by atoms with Gasteiger partial charge in [0, 0.05) is 0 Å². The van der Waals surface area contributed by atoms with Gasteiger partial charge in [0.1, 0.15) is 0 Å². The molecule has 0 spiro atoms. The van der Waals surface area contributed by atoms with Gasteiger partial charge in [0.15, 0.2) is 0 Å². The Balaban J connectivity index is 0.00000202. The number of halogens is 2. The molecule has 2 aromatic rings. The fraction of sp³-hybridized carbons (Fsp3) is 0.579. The van der Waals surface area contributed by atoms with E-state index in [1.165, 1.54) is 56.1 Å². The third-order valence-electron chi connectivity index (χ3n) is 10.6. The van der Waals surface area contributed by atoms with Gasteiger partial charge in [-0.05, 0) is 0 Å². The second kappa shape index (κ2) is 13.9. The van der Waals surface area contributed by atoms with Gasteiger partial charge in [-0.2, -0.15) is 0 Å². The van der Waals surface area contributed by atoms with Crippen molar-refractivity contribution >= 4 is 5.43 Å². The molecule has 4 aliphatic rings. The van der Waals surface area contributed by atoms with Crippen LogP contribution in [0.5, 0.6) is 0 Å². The van der Waals surface area contributed by atoms with Crippen molar-refractivity contribution in [3.05, 3.63) is 80.2 Å². The van der Waals surface area contributed by atoms with Gasteiger partial charge in [-0.25, -0.2) is 0 Å². The molecule has 0 aromatic heterocycles. The molecule has 0 heterocycles. The molecule has 0 bridgehead atoms. The minimum absolute atomic E-state index is 0. The van der Waals surface area contributed by atoms with Crippen LogP contribution < -0.4 is 24.8 Å². The van der Waals surface area contributed by atoms with Crippen molar-refractivity contribution in [3.8, 4) is 11.1 Å². The van der Waals surface area contributed by atoms with E-state index in [1.807, 2.05) is 3.28 Å². The zero-order valence-corrected chi connectivity index (χ0v) is 31.9. The van der Waals surface area contributed by atoms with E-state index in [4.69, 9.17) is 0 Å². The molecular weight excluding hydrogens is 647 g/mol. The van der Waals surface area contributed by atoms with E-state index in [-0.39, 0.29) is 35.6 Å². The zero-order chi connectivity index (χ0) is 28.1. The maximum Gasteiger partial charge on any atom is -1.00 e. The Kier molecular flexibility index (Phi) is 11.4. The smallest absolute Gasteiger partial charge is 1.00 e. The second-order valence-corrected chi connectivity index (χ2v) is 30.4. The molecule has 2 fully saturated rings. The summed E-state index contributed by atoms with van der Waals surface area (Å²) in [5.41, 5.74) is 11.7. The Bertz CT molecular complexity index is 1270.